The summed E-state index contributed by atoms with van der Waals surface area (Å²) in [6.45, 7) is 5.30. The zero-order chi connectivity index (χ0) is 16.6. The van der Waals surface area contributed by atoms with Gasteiger partial charge in [0.15, 0.2) is 5.78 Å². The second-order valence-electron chi connectivity index (χ2n) is 7.33. The molecule has 0 radical (unpaired) electrons. The number of rotatable bonds is 3. The fourth-order valence-electron chi connectivity index (χ4n) is 4.42. The highest BCUT2D eigenvalue weighted by Crippen LogP contribution is 2.41. The van der Waals surface area contributed by atoms with E-state index in [0.29, 0.717) is 5.41 Å². The summed E-state index contributed by atoms with van der Waals surface area (Å²) in [6, 6.07) is 12.1. The SMILES string of the molecule is CC(=O)c1cccc(-c2ccc(C34CCCN(CCC3)C4)cn2)c1. The zero-order valence-corrected chi connectivity index (χ0v) is 14.3. The Balaban J connectivity index is 1.63. The summed E-state index contributed by atoms with van der Waals surface area (Å²) in [4.78, 5) is 18.9. The van der Waals surface area contributed by atoms with Crippen LogP contribution in [0.5, 0.6) is 0 Å². The van der Waals surface area contributed by atoms with E-state index in [1.807, 2.05) is 24.3 Å². The zero-order valence-electron chi connectivity index (χ0n) is 14.3. The van der Waals surface area contributed by atoms with E-state index in [0.717, 1.165) is 16.8 Å². The van der Waals surface area contributed by atoms with Gasteiger partial charge in [-0.3, -0.25) is 9.78 Å². The van der Waals surface area contributed by atoms with Gasteiger partial charge in [0.25, 0.3) is 0 Å². The van der Waals surface area contributed by atoms with Crippen molar-refractivity contribution >= 4 is 5.78 Å². The van der Waals surface area contributed by atoms with E-state index >= 15 is 0 Å². The van der Waals surface area contributed by atoms with Crippen molar-refractivity contribution in [1.82, 2.24) is 9.88 Å². The van der Waals surface area contributed by atoms with Crippen molar-refractivity contribution in [2.45, 2.75) is 38.0 Å². The Bertz CT molecular complexity index is 741. The van der Waals surface area contributed by atoms with E-state index < -0.39 is 0 Å². The third kappa shape index (κ3) is 2.78. The van der Waals surface area contributed by atoms with Crippen molar-refractivity contribution < 1.29 is 4.79 Å². The lowest BCUT2D eigenvalue weighted by atomic mass is 9.69. The van der Waals surface area contributed by atoms with Crippen LogP contribution >= 0.6 is 0 Å². The minimum Gasteiger partial charge on any atom is -0.302 e. The van der Waals surface area contributed by atoms with Crippen LogP contribution in [0.3, 0.4) is 0 Å². The van der Waals surface area contributed by atoms with Crippen LogP contribution in [-0.4, -0.2) is 35.3 Å². The molecule has 3 heterocycles. The Kier molecular flexibility index (Phi) is 3.97. The molecule has 2 bridgehead atoms. The number of benzene rings is 1. The number of pyridine rings is 1. The van der Waals surface area contributed by atoms with Gasteiger partial charge in [0.2, 0.25) is 0 Å². The maximum atomic E-state index is 11.6. The first-order chi connectivity index (χ1) is 11.7. The van der Waals surface area contributed by atoms with E-state index in [4.69, 9.17) is 4.98 Å². The van der Waals surface area contributed by atoms with Gasteiger partial charge in [0, 0.05) is 29.3 Å². The molecule has 0 saturated carbocycles. The van der Waals surface area contributed by atoms with Crippen molar-refractivity contribution in [3.8, 4) is 11.3 Å². The van der Waals surface area contributed by atoms with Crippen LogP contribution in [0, 0.1) is 0 Å². The monoisotopic (exact) mass is 320 g/mol. The normalized spacial score (nSPS) is 26.1. The maximum absolute atomic E-state index is 11.6. The largest absolute Gasteiger partial charge is 0.302 e. The molecule has 0 spiro atoms. The number of hydrogen-bond acceptors (Lipinski definition) is 3. The molecule has 2 aliphatic rings. The summed E-state index contributed by atoms with van der Waals surface area (Å²) in [6.07, 6.45) is 7.23. The molecule has 24 heavy (non-hydrogen) atoms. The quantitative estimate of drug-likeness (QED) is 0.799. The molecule has 3 nitrogen and oxygen atoms in total. The van der Waals surface area contributed by atoms with Gasteiger partial charge in [-0.25, -0.2) is 0 Å². The number of piperidine rings is 2. The molecule has 4 rings (SSSR count). The average molecular weight is 320 g/mol. The highest BCUT2D eigenvalue weighted by Gasteiger charge is 2.39. The summed E-state index contributed by atoms with van der Waals surface area (Å²) >= 11 is 0. The van der Waals surface area contributed by atoms with E-state index in [-0.39, 0.29) is 5.78 Å². The van der Waals surface area contributed by atoms with E-state index in [9.17, 15) is 4.79 Å². The first kappa shape index (κ1) is 15.5. The molecule has 3 heteroatoms. The molecular formula is C21H24N2O. The van der Waals surface area contributed by atoms with Gasteiger partial charge in [-0.05, 0) is 63.4 Å². The van der Waals surface area contributed by atoms with Crippen molar-refractivity contribution in [3.63, 3.8) is 0 Å². The van der Waals surface area contributed by atoms with Crippen LogP contribution in [0.1, 0.15) is 48.5 Å². The molecule has 2 aliphatic heterocycles. The van der Waals surface area contributed by atoms with Gasteiger partial charge in [-0.15, -0.1) is 0 Å². The average Bonchev–Trinajstić information content (AvgIpc) is 2.62. The third-order valence-electron chi connectivity index (χ3n) is 5.73. The Morgan fingerprint density at radius 2 is 1.92 bits per heavy atom. The van der Waals surface area contributed by atoms with Crippen molar-refractivity contribution in [3.05, 3.63) is 53.7 Å². The van der Waals surface area contributed by atoms with Crippen LogP contribution in [0.2, 0.25) is 0 Å². The number of hydrogen-bond donors (Lipinski definition) is 0. The van der Waals surface area contributed by atoms with Crippen molar-refractivity contribution in [2.24, 2.45) is 0 Å². The summed E-state index contributed by atoms with van der Waals surface area (Å²) in [5, 5.41) is 0. The Hall–Kier alpha value is -2.00. The van der Waals surface area contributed by atoms with Gasteiger partial charge in [0.05, 0.1) is 5.69 Å². The maximum Gasteiger partial charge on any atom is 0.159 e. The van der Waals surface area contributed by atoms with E-state index in [2.05, 4.69) is 23.2 Å². The predicted octanol–water partition coefficient (Wildman–Crippen LogP) is 4.08. The summed E-state index contributed by atoms with van der Waals surface area (Å²) < 4.78 is 0. The minimum atomic E-state index is 0.0943. The third-order valence-corrected chi connectivity index (χ3v) is 5.73. The number of ketones is 1. The van der Waals surface area contributed by atoms with Crippen LogP contribution in [0.15, 0.2) is 42.6 Å². The second kappa shape index (κ2) is 6.14. The molecule has 2 fully saturated rings. The minimum absolute atomic E-state index is 0.0943. The molecule has 1 aromatic carbocycles. The number of aromatic nitrogens is 1. The van der Waals surface area contributed by atoms with Crippen molar-refractivity contribution in [2.75, 3.05) is 19.6 Å². The number of Topliss-reactive ketones (excluding diaryl/α,β-unsaturated/α-hetero) is 1. The van der Waals surface area contributed by atoms with Crippen LogP contribution < -0.4 is 0 Å². The number of nitrogens with zero attached hydrogens (tertiary/aromatic N) is 2. The van der Waals surface area contributed by atoms with Crippen molar-refractivity contribution in [1.29, 1.82) is 0 Å². The lowest BCUT2D eigenvalue weighted by Crippen LogP contribution is -2.50. The first-order valence-corrected chi connectivity index (χ1v) is 8.97. The number of carbonyl (C=O) groups excluding carboxylic acids is 1. The molecule has 2 saturated heterocycles. The van der Waals surface area contributed by atoms with E-state index in [1.165, 1.54) is 50.9 Å². The standard InChI is InChI=1S/C21H24N2O/c1-16(24)17-5-2-6-18(13-17)20-8-7-19(14-22-20)21-9-3-11-23(15-21)12-4-10-21/h2,5-8,13-14H,3-4,9-12,15H2,1H3. The lowest BCUT2D eigenvalue weighted by Gasteiger charge is -2.47. The fourth-order valence-corrected chi connectivity index (χ4v) is 4.42. The Morgan fingerprint density at radius 1 is 1.12 bits per heavy atom. The highest BCUT2D eigenvalue weighted by molar-refractivity contribution is 5.95. The lowest BCUT2D eigenvalue weighted by molar-refractivity contribution is 0.0941. The molecule has 124 valence electrons. The van der Waals surface area contributed by atoms with E-state index in [1.54, 1.807) is 6.92 Å². The predicted molar refractivity (Wildman–Crippen MR) is 96.3 cm³/mol. The van der Waals surface area contributed by atoms with Gasteiger partial charge < -0.3 is 4.90 Å². The summed E-state index contributed by atoms with van der Waals surface area (Å²) in [5.41, 5.74) is 4.40. The molecule has 0 atom stereocenters. The molecule has 0 N–H and O–H groups in total. The summed E-state index contributed by atoms with van der Waals surface area (Å²) in [7, 11) is 0. The van der Waals surface area contributed by atoms with Crippen LogP contribution in [0.4, 0.5) is 0 Å². The molecular weight excluding hydrogens is 296 g/mol. The first-order valence-electron chi connectivity index (χ1n) is 8.97. The van der Waals surface area contributed by atoms with Gasteiger partial charge in [0.1, 0.15) is 0 Å². The molecule has 0 unspecified atom stereocenters. The second-order valence-corrected chi connectivity index (χ2v) is 7.33. The van der Waals surface area contributed by atoms with Gasteiger partial charge >= 0.3 is 0 Å². The Morgan fingerprint density at radius 3 is 2.58 bits per heavy atom. The topological polar surface area (TPSA) is 33.2 Å². The fraction of sp³-hybridized carbons (Fsp3) is 0.429. The van der Waals surface area contributed by atoms with Gasteiger partial charge in [-0.2, -0.15) is 0 Å². The van der Waals surface area contributed by atoms with Crippen LogP contribution in [0.25, 0.3) is 11.3 Å². The molecule has 1 aromatic heterocycles. The molecule has 0 amide bonds. The van der Waals surface area contributed by atoms with Crippen LogP contribution in [-0.2, 0) is 5.41 Å². The summed E-state index contributed by atoms with van der Waals surface area (Å²) in [5.74, 6) is 0.0943. The Labute approximate surface area is 143 Å². The number of fused-ring (bicyclic) bond motifs is 2. The van der Waals surface area contributed by atoms with Gasteiger partial charge in [-0.1, -0.05) is 24.3 Å². The smallest absolute Gasteiger partial charge is 0.159 e. The molecule has 0 aliphatic carbocycles. The highest BCUT2D eigenvalue weighted by atomic mass is 16.1. The number of carbonyl (C=O) groups is 1. The molecule has 2 aromatic rings.